The number of carbonyl (C=O) groups is 3. The molecule has 1 saturated heterocycles. The van der Waals surface area contributed by atoms with Crippen LogP contribution in [0.4, 0.5) is 4.79 Å². The van der Waals surface area contributed by atoms with Crippen LogP contribution in [0.1, 0.15) is 32.4 Å². The van der Waals surface area contributed by atoms with Gasteiger partial charge in [-0.3, -0.25) is 9.59 Å². The molecule has 0 bridgehead atoms. The van der Waals surface area contributed by atoms with Crippen molar-refractivity contribution < 1.29 is 24.2 Å². The molecule has 3 atom stereocenters. The molecule has 1 aliphatic heterocycles. The molecule has 3 unspecified atom stereocenters. The van der Waals surface area contributed by atoms with E-state index in [1.807, 2.05) is 0 Å². The van der Waals surface area contributed by atoms with E-state index in [0.29, 0.717) is 11.3 Å². The number of benzene rings is 1. The van der Waals surface area contributed by atoms with Crippen LogP contribution in [0.5, 0.6) is 5.75 Å². The molecule has 0 aromatic heterocycles. The Morgan fingerprint density at radius 2 is 1.92 bits per heavy atom. The van der Waals surface area contributed by atoms with E-state index in [2.05, 4.69) is 28.6 Å². The zero-order valence-corrected chi connectivity index (χ0v) is 15.7. The van der Waals surface area contributed by atoms with Crippen molar-refractivity contribution in [3.8, 4) is 5.75 Å². The molecule has 2 rings (SSSR count). The number of amides is 3. The molecule has 0 radical (unpaired) electrons. The molecular formula is C17H23N3O5S. The van der Waals surface area contributed by atoms with Crippen LogP contribution < -0.4 is 16.0 Å². The topological polar surface area (TPSA) is 117 Å². The number of phenols is 1. The summed E-state index contributed by atoms with van der Waals surface area (Å²) in [5.41, 5.74) is -0.293. The van der Waals surface area contributed by atoms with E-state index in [0.717, 1.165) is 0 Å². The minimum Gasteiger partial charge on any atom is -0.508 e. The van der Waals surface area contributed by atoms with Gasteiger partial charge in [-0.15, -0.1) is 0 Å². The highest BCUT2D eigenvalue weighted by atomic mass is 32.1. The molecule has 1 aromatic rings. The third kappa shape index (κ3) is 5.04. The van der Waals surface area contributed by atoms with Gasteiger partial charge in [-0.25, -0.2) is 4.79 Å². The van der Waals surface area contributed by atoms with Gasteiger partial charge in [0.05, 0.1) is 6.04 Å². The van der Waals surface area contributed by atoms with Gasteiger partial charge in [-0.1, -0.05) is 12.1 Å². The lowest BCUT2D eigenvalue weighted by atomic mass is 9.99. The Kier molecular flexibility index (Phi) is 6.01. The summed E-state index contributed by atoms with van der Waals surface area (Å²) in [6.07, 6.45) is -0.769. The first-order valence-corrected chi connectivity index (χ1v) is 8.74. The van der Waals surface area contributed by atoms with Crippen molar-refractivity contribution in [3.05, 3.63) is 29.8 Å². The number of carbonyl (C=O) groups excluding carboxylic acids is 3. The number of hydrogen-bond donors (Lipinski definition) is 5. The van der Waals surface area contributed by atoms with Crippen LogP contribution in [-0.2, 0) is 14.3 Å². The van der Waals surface area contributed by atoms with Crippen molar-refractivity contribution in [2.75, 3.05) is 5.75 Å². The molecule has 26 heavy (non-hydrogen) atoms. The fraction of sp³-hybridized carbons (Fsp3) is 0.471. The standard InChI is InChI=1S/C17H23N3O5S/c1-17(2,3)25-16(24)20-12(9-4-6-10(21)7-5-9)14(22)19-13-11(8-26)18-15(13)23/h4-7,11-13,21,26H,8H2,1-3H3,(H,18,23)(H,19,22)(H,20,24). The van der Waals surface area contributed by atoms with Gasteiger partial charge in [0.25, 0.3) is 0 Å². The molecule has 0 spiro atoms. The van der Waals surface area contributed by atoms with Crippen LogP contribution in [0.3, 0.4) is 0 Å². The first-order valence-electron chi connectivity index (χ1n) is 8.11. The first-order chi connectivity index (χ1) is 12.1. The summed E-state index contributed by atoms with van der Waals surface area (Å²) >= 11 is 4.12. The van der Waals surface area contributed by atoms with Gasteiger partial charge in [0.2, 0.25) is 11.8 Å². The molecule has 4 N–H and O–H groups in total. The van der Waals surface area contributed by atoms with E-state index in [4.69, 9.17) is 4.74 Å². The van der Waals surface area contributed by atoms with Gasteiger partial charge >= 0.3 is 6.09 Å². The zero-order chi connectivity index (χ0) is 19.5. The number of phenolic OH excluding ortho intramolecular Hbond substituents is 1. The molecule has 9 heteroatoms. The van der Waals surface area contributed by atoms with Crippen LogP contribution in [0, 0.1) is 0 Å². The number of ether oxygens (including phenoxy) is 1. The normalized spacial score (nSPS) is 20.4. The van der Waals surface area contributed by atoms with Gasteiger partial charge in [-0.2, -0.15) is 12.6 Å². The Morgan fingerprint density at radius 3 is 2.42 bits per heavy atom. The summed E-state index contributed by atoms with van der Waals surface area (Å²) in [5.74, 6) is -0.467. The first kappa shape index (κ1) is 19.9. The fourth-order valence-corrected chi connectivity index (χ4v) is 2.69. The Balaban J connectivity index is 2.16. The highest BCUT2D eigenvalue weighted by Crippen LogP contribution is 2.19. The third-order valence-corrected chi connectivity index (χ3v) is 4.05. The van der Waals surface area contributed by atoms with Crippen molar-refractivity contribution in [2.45, 2.75) is 44.5 Å². The molecule has 1 aliphatic rings. The molecule has 1 heterocycles. The van der Waals surface area contributed by atoms with Crippen molar-refractivity contribution in [1.29, 1.82) is 0 Å². The maximum Gasteiger partial charge on any atom is 0.408 e. The predicted molar refractivity (Wildman–Crippen MR) is 97.9 cm³/mol. The molecule has 0 aliphatic carbocycles. The Morgan fingerprint density at radius 1 is 1.31 bits per heavy atom. The van der Waals surface area contributed by atoms with Crippen LogP contribution >= 0.6 is 12.6 Å². The van der Waals surface area contributed by atoms with E-state index in [1.54, 1.807) is 20.8 Å². The lowest BCUT2D eigenvalue weighted by molar-refractivity contribution is -0.136. The van der Waals surface area contributed by atoms with Crippen molar-refractivity contribution in [1.82, 2.24) is 16.0 Å². The Labute approximate surface area is 157 Å². The van der Waals surface area contributed by atoms with Crippen molar-refractivity contribution >= 4 is 30.5 Å². The van der Waals surface area contributed by atoms with Gasteiger partial charge in [0.15, 0.2) is 0 Å². The molecule has 8 nitrogen and oxygen atoms in total. The van der Waals surface area contributed by atoms with E-state index < -0.39 is 29.7 Å². The lowest BCUT2D eigenvalue weighted by Crippen LogP contribution is -2.70. The number of hydrogen-bond acceptors (Lipinski definition) is 6. The molecule has 1 fully saturated rings. The van der Waals surface area contributed by atoms with Gasteiger partial charge in [-0.05, 0) is 38.5 Å². The number of nitrogens with one attached hydrogen (secondary N) is 3. The number of rotatable bonds is 5. The molecular weight excluding hydrogens is 358 g/mol. The summed E-state index contributed by atoms with van der Waals surface area (Å²) in [6, 6.07) is 3.76. The largest absolute Gasteiger partial charge is 0.508 e. The molecule has 142 valence electrons. The maximum absolute atomic E-state index is 12.7. The predicted octanol–water partition coefficient (Wildman–Crippen LogP) is 0.871. The summed E-state index contributed by atoms with van der Waals surface area (Å²) in [6.45, 7) is 5.12. The van der Waals surface area contributed by atoms with Crippen molar-refractivity contribution in [2.24, 2.45) is 0 Å². The number of alkyl carbamates (subject to hydrolysis) is 1. The van der Waals surface area contributed by atoms with E-state index in [-0.39, 0.29) is 17.7 Å². The number of aromatic hydroxyl groups is 1. The van der Waals surface area contributed by atoms with Crippen molar-refractivity contribution in [3.63, 3.8) is 0 Å². The molecule has 0 saturated carbocycles. The van der Waals surface area contributed by atoms with Gasteiger partial charge in [0.1, 0.15) is 23.4 Å². The number of thiol groups is 1. The monoisotopic (exact) mass is 381 g/mol. The summed E-state index contributed by atoms with van der Waals surface area (Å²) in [4.78, 5) is 36.4. The zero-order valence-electron chi connectivity index (χ0n) is 14.8. The van der Waals surface area contributed by atoms with Gasteiger partial charge < -0.3 is 25.8 Å². The number of β-lactam (4-membered cyclic amide) rings is 1. The highest BCUT2D eigenvalue weighted by Gasteiger charge is 2.40. The van der Waals surface area contributed by atoms with E-state index >= 15 is 0 Å². The quantitative estimate of drug-likeness (QED) is 0.383. The molecule has 1 aromatic carbocycles. The highest BCUT2D eigenvalue weighted by molar-refractivity contribution is 7.80. The Hall–Kier alpha value is -2.42. The second-order valence-electron chi connectivity index (χ2n) is 6.95. The lowest BCUT2D eigenvalue weighted by Gasteiger charge is -2.37. The van der Waals surface area contributed by atoms with Crippen LogP contribution in [0.25, 0.3) is 0 Å². The van der Waals surface area contributed by atoms with E-state index in [9.17, 15) is 19.5 Å². The minimum absolute atomic E-state index is 0.0266. The van der Waals surface area contributed by atoms with Gasteiger partial charge in [0, 0.05) is 5.75 Å². The Bertz CT molecular complexity index is 687. The van der Waals surface area contributed by atoms with Crippen LogP contribution in [-0.4, -0.2) is 46.5 Å². The fourth-order valence-electron chi connectivity index (χ4n) is 2.39. The van der Waals surface area contributed by atoms with Crippen LogP contribution in [0.2, 0.25) is 0 Å². The van der Waals surface area contributed by atoms with E-state index in [1.165, 1.54) is 24.3 Å². The smallest absolute Gasteiger partial charge is 0.408 e. The summed E-state index contributed by atoms with van der Waals surface area (Å²) in [7, 11) is 0. The SMILES string of the molecule is CC(C)(C)OC(=O)NC(C(=O)NC1C(=O)NC1CS)c1ccc(O)cc1. The van der Waals surface area contributed by atoms with Crippen LogP contribution in [0.15, 0.2) is 24.3 Å². The third-order valence-electron chi connectivity index (χ3n) is 3.66. The average Bonchev–Trinajstić information content (AvgIpc) is 2.54. The second-order valence-corrected chi connectivity index (χ2v) is 7.32. The summed E-state index contributed by atoms with van der Waals surface area (Å²) in [5, 5.41) is 17.2. The average molecular weight is 381 g/mol. The minimum atomic E-state index is -1.08. The molecule has 3 amide bonds. The second kappa shape index (κ2) is 7.86. The maximum atomic E-state index is 12.7. The summed E-state index contributed by atoms with van der Waals surface area (Å²) < 4.78 is 5.20.